The molecule has 0 saturated carbocycles. The summed E-state index contributed by atoms with van der Waals surface area (Å²) in [6.07, 6.45) is 1.60. The summed E-state index contributed by atoms with van der Waals surface area (Å²) in [6, 6.07) is -0.729. The molecule has 1 atom stereocenters. The largest absolute Gasteiger partial charge is 0.481 e. The van der Waals surface area contributed by atoms with E-state index >= 15 is 0 Å². The van der Waals surface area contributed by atoms with Gasteiger partial charge in [-0.15, -0.1) is 11.3 Å². The van der Waals surface area contributed by atoms with Crippen LogP contribution in [0.4, 0.5) is 4.79 Å². The van der Waals surface area contributed by atoms with Gasteiger partial charge in [0.2, 0.25) is 0 Å². The van der Waals surface area contributed by atoms with Gasteiger partial charge in [0.1, 0.15) is 0 Å². The summed E-state index contributed by atoms with van der Waals surface area (Å²) in [5.74, 6) is -0.855. The van der Waals surface area contributed by atoms with Crippen LogP contribution in [0.3, 0.4) is 0 Å². The van der Waals surface area contributed by atoms with Gasteiger partial charge in [-0.05, 0) is 5.92 Å². The molecule has 2 amide bonds. The van der Waals surface area contributed by atoms with E-state index in [9.17, 15) is 9.59 Å². The predicted octanol–water partition coefficient (Wildman–Crippen LogP) is 1.44. The van der Waals surface area contributed by atoms with Gasteiger partial charge >= 0.3 is 12.0 Å². The van der Waals surface area contributed by atoms with E-state index in [2.05, 4.69) is 15.6 Å². The molecule has 0 radical (unpaired) electrons. The Labute approximate surface area is 109 Å². The van der Waals surface area contributed by atoms with Crippen molar-refractivity contribution in [3.63, 3.8) is 0 Å². The number of nitrogens with one attached hydrogen (secondary N) is 2. The van der Waals surface area contributed by atoms with Crippen LogP contribution in [0, 0.1) is 5.92 Å². The maximum Gasteiger partial charge on any atom is 0.315 e. The van der Waals surface area contributed by atoms with Gasteiger partial charge in [0.05, 0.1) is 18.5 Å². The number of carboxylic acids is 1. The first kappa shape index (κ1) is 14.4. The first-order chi connectivity index (χ1) is 8.49. The lowest BCUT2D eigenvalue weighted by Crippen LogP contribution is -2.45. The topological polar surface area (TPSA) is 91.3 Å². The van der Waals surface area contributed by atoms with Crippen LogP contribution in [0.2, 0.25) is 0 Å². The summed E-state index contributed by atoms with van der Waals surface area (Å²) in [5.41, 5.74) is 1.69. The number of carbonyl (C=O) groups is 2. The molecule has 1 heterocycles. The molecule has 0 fully saturated rings. The molecule has 0 aromatic carbocycles. The van der Waals surface area contributed by atoms with Crippen LogP contribution in [-0.2, 0) is 11.3 Å². The van der Waals surface area contributed by atoms with Crippen LogP contribution in [0.1, 0.15) is 25.1 Å². The monoisotopic (exact) mass is 271 g/mol. The number of carbonyl (C=O) groups excluding carboxylic acids is 1. The van der Waals surface area contributed by atoms with E-state index in [1.54, 1.807) is 11.7 Å². The number of nitrogens with zero attached hydrogens (tertiary/aromatic N) is 1. The minimum Gasteiger partial charge on any atom is -0.481 e. The maximum atomic E-state index is 11.6. The Kier molecular flexibility index (Phi) is 5.57. The Bertz CT molecular complexity index is 392. The lowest BCUT2D eigenvalue weighted by Gasteiger charge is -2.20. The number of aliphatic carboxylic acids is 1. The smallest absolute Gasteiger partial charge is 0.315 e. The van der Waals surface area contributed by atoms with E-state index in [1.807, 2.05) is 13.8 Å². The maximum absolute atomic E-state index is 11.6. The molecule has 7 heteroatoms. The molecule has 100 valence electrons. The Balaban J connectivity index is 2.38. The van der Waals surface area contributed by atoms with Gasteiger partial charge in [0, 0.05) is 17.1 Å². The van der Waals surface area contributed by atoms with Crippen molar-refractivity contribution in [2.45, 2.75) is 32.9 Å². The number of urea groups is 1. The normalized spacial score (nSPS) is 12.2. The SMILES string of the molecule is CC(C)C(CC(=O)O)NC(=O)NCc1cncs1. The first-order valence-corrected chi connectivity index (χ1v) is 6.50. The van der Waals surface area contributed by atoms with Crippen LogP contribution in [0.5, 0.6) is 0 Å². The average Bonchev–Trinajstić information content (AvgIpc) is 2.77. The number of hydrogen-bond acceptors (Lipinski definition) is 4. The molecule has 1 aromatic heterocycles. The van der Waals surface area contributed by atoms with Crippen molar-refractivity contribution in [3.05, 3.63) is 16.6 Å². The molecule has 0 aliphatic heterocycles. The summed E-state index contributed by atoms with van der Waals surface area (Å²) in [4.78, 5) is 27.1. The third-order valence-electron chi connectivity index (χ3n) is 2.42. The van der Waals surface area contributed by atoms with Gasteiger partial charge in [0.25, 0.3) is 0 Å². The highest BCUT2D eigenvalue weighted by Gasteiger charge is 2.19. The third-order valence-corrected chi connectivity index (χ3v) is 3.20. The highest BCUT2D eigenvalue weighted by Crippen LogP contribution is 2.07. The lowest BCUT2D eigenvalue weighted by atomic mass is 10.0. The Hall–Kier alpha value is -1.63. The van der Waals surface area contributed by atoms with Gasteiger partial charge < -0.3 is 15.7 Å². The zero-order chi connectivity index (χ0) is 13.5. The van der Waals surface area contributed by atoms with E-state index in [-0.39, 0.29) is 24.4 Å². The minimum atomic E-state index is -0.920. The minimum absolute atomic E-state index is 0.0651. The second-order valence-corrected chi connectivity index (χ2v) is 5.21. The van der Waals surface area contributed by atoms with Gasteiger partial charge in [-0.25, -0.2) is 4.79 Å². The fourth-order valence-electron chi connectivity index (χ4n) is 1.36. The molecule has 0 saturated heterocycles. The number of hydrogen-bond donors (Lipinski definition) is 3. The van der Waals surface area contributed by atoms with Crippen molar-refractivity contribution in [1.82, 2.24) is 15.6 Å². The lowest BCUT2D eigenvalue weighted by molar-refractivity contribution is -0.137. The molecule has 0 bridgehead atoms. The standard InChI is InChI=1S/C11H17N3O3S/c1-7(2)9(3-10(15)16)14-11(17)13-5-8-4-12-6-18-8/h4,6-7,9H,3,5H2,1-2H3,(H,15,16)(H2,13,14,17). The van der Waals surface area contributed by atoms with E-state index in [0.717, 1.165) is 4.88 Å². The van der Waals surface area contributed by atoms with Crippen molar-refractivity contribution >= 4 is 23.3 Å². The predicted molar refractivity (Wildman–Crippen MR) is 68.4 cm³/mol. The zero-order valence-corrected chi connectivity index (χ0v) is 11.2. The average molecular weight is 271 g/mol. The summed E-state index contributed by atoms with van der Waals surface area (Å²) in [7, 11) is 0. The van der Waals surface area contributed by atoms with Crippen molar-refractivity contribution in [2.75, 3.05) is 0 Å². The highest BCUT2D eigenvalue weighted by molar-refractivity contribution is 7.09. The van der Waals surface area contributed by atoms with Gasteiger partial charge in [-0.1, -0.05) is 13.8 Å². The quantitative estimate of drug-likeness (QED) is 0.730. The van der Waals surface area contributed by atoms with E-state index in [4.69, 9.17) is 5.11 Å². The number of amides is 2. The van der Waals surface area contributed by atoms with Crippen LogP contribution >= 0.6 is 11.3 Å². The molecule has 1 aromatic rings. The molecule has 3 N–H and O–H groups in total. The molecule has 0 aliphatic rings. The Morgan fingerprint density at radius 2 is 2.22 bits per heavy atom. The Morgan fingerprint density at radius 1 is 1.50 bits per heavy atom. The van der Waals surface area contributed by atoms with Crippen molar-refractivity contribution in [1.29, 1.82) is 0 Å². The Morgan fingerprint density at radius 3 is 2.72 bits per heavy atom. The summed E-state index contributed by atoms with van der Waals surface area (Å²) in [6.45, 7) is 4.14. The van der Waals surface area contributed by atoms with Gasteiger partial charge in [0.15, 0.2) is 0 Å². The second-order valence-electron chi connectivity index (χ2n) is 4.24. The molecular formula is C11H17N3O3S. The van der Waals surface area contributed by atoms with Gasteiger partial charge in [-0.3, -0.25) is 9.78 Å². The zero-order valence-electron chi connectivity index (χ0n) is 10.3. The molecular weight excluding hydrogens is 254 g/mol. The summed E-state index contributed by atoms with van der Waals surface area (Å²) in [5, 5.41) is 14.1. The molecule has 6 nitrogen and oxygen atoms in total. The highest BCUT2D eigenvalue weighted by atomic mass is 32.1. The van der Waals surface area contributed by atoms with Gasteiger partial charge in [-0.2, -0.15) is 0 Å². The molecule has 18 heavy (non-hydrogen) atoms. The van der Waals surface area contributed by atoms with E-state index in [0.29, 0.717) is 6.54 Å². The van der Waals surface area contributed by atoms with Crippen LogP contribution < -0.4 is 10.6 Å². The number of carboxylic acid groups (broad SMARTS) is 1. The summed E-state index contributed by atoms with van der Waals surface area (Å²) < 4.78 is 0. The second kappa shape index (κ2) is 6.95. The van der Waals surface area contributed by atoms with Crippen LogP contribution in [0.15, 0.2) is 11.7 Å². The third kappa shape index (κ3) is 5.13. The fraction of sp³-hybridized carbons (Fsp3) is 0.545. The fourth-order valence-corrected chi connectivity index (χ4v) is 1.89. The van der Waals surface area contributed by atoms with Crippen molar-refractivity contribution in [2.24, 2.45) is 5.92 Å². The molecule has 1 rings (SSSR count). The number of rotatable bonds is 6. The number of thiazole rings is 1. The van der Waals surface area contributed by atoms with E-state index in [1.165, 1.54) is 11.3 Å². The first-order valence-electron chi connectivity index (χ1n) is 5.62. The molecule has 0 spiro atoms. The molecule has 0 aliphatic carbocycles. The number of aromatic nitrogens is 1. The van der Waals surface area contributed by atoms with Crippen LogP contribution in [-0.4, -0.2) is 28.1 Å². The van der Waals surface area contributed by atoms with Crippen molar-refractivity contribution in [3.8, 4) is 0 Å². The van der Waals surface area contributed by atoms with Crippen molar-refractivity contribution < 1.29 is 14.7 Å². The van der Waals surface area contributed by atoms with Crippen LogP contribution in [0.25, 0.3) is 0 Å². The summed E-state index contributed by atoms with van der Waals surface area (Å²) >= 11 is 1.45. The van der Waals surface area contributed by atoms with E-state index < -0.39 is 5.97 Å². The molecule has 1 unspecified atom stereocenters.